The first-order chi connectivity index (χ1) is 16.5. The number of pyridine rings is 1. The zero-order chi connectivity index (χ0) is 23.8. The Morgan fingerprint density at radius 1 is 1.06 bits per heavy atom. The maximum Gasteiger partial charge on any atom is 0.165 e. The van der Waals surface area contributed by atoms with Crippen LogP contribution in [0, 0.1) is 11.3 Å². The molecule has 0 amide bonds. The molecule has 34 heavy (non-hydrogen) atoms. The fourth-order valence-corrected chi connectivity index (χ4v) is 4.40. The van der Waals surface area contributed by atoms with Crippen LogP contribution in [0.5, 0.6) is 5.75 Å². The number of nitriles is 1. The molecule has 0 atom stereocenters. The van der Waals surface area contributed by atoms with Crippen LogP contribution in [-0.4, -0.2) is 31.4 Å². The van der Waals surface area contributed by atoms with Gasteiger partial charge in [-0.05, 0) is 70.4 Å². The number of benzene rings is 2. The average molecular weight is 513 g/mol. The Balaban J connectivity index is 1.65. The van der Waals surface area contributed by atoms with Gasteiger partial charge in [0.25, 0.3) is 0 Å². The molecule has 0 saturated heterocycles. The molecule has 5 rings (SSSR count). The summed E-state index contributed by atoms with van der Waals surface area (Å²) in [6.07, 6.45) is 5.61. The van der Waals surface area contributed by atoms with Crippen molar-refractivity contribution in [3.8, 4) is 34.5 Å². The van der Waals surface area contributed by atoms with E-state index in [0.29, 0.717) is 5.56 Å². The van der Waals surface area contributed by atoms with Gasteiger partial charge in [0.2, 0.25) is 0 Å². The van der Waals surface area contributed by atoms with E-state index in [2.05, 4.69) is 45.8 Å². The topological polar surface area (TPSA) is 81.5 Å². The highest BCUT2D eigenvalue weighted by atomic mass is 79.9. The molecule has 3 aromatic heterocycles. The highest BCUT2D eigenvalue weighted by Crippen LogP contribution is 2.32. The predicted molar refractivity (Wildman–Crippen MR) is 134 cm³/mol. The molecule has 2 aromatic carbocycles. The molecule has 7 nitrogen and oxygen atoms in total. The largest absolute Gasteiger partial charge is 0.497 e. The molecule has 0 fully saturated rings. The van der Waals surface area contributed by atoms with Crippen LogP contribution >= 0.6 is 15.9 Å². The summed E-state index contributed by atoms with van der Waals surface area (Å²) in [5.41, 5.74) is 5.92. The van der Waals surface area contributed by atoms with Crippen molar-refractivity contribution in [1.29, 1.82) is 5.26 Å². The van der Waals surface area contributed by atoms with Gasteiger partial charge in [0.15, 0.2) is 5.65 Å². The van der Waals surface area contributed by atoms with Gasteiger partial charge in [0.1, 0.15) is 11.8 Å². The number of hydrogen-bond acceptors (Lipinski definition) is 5. The molecule has 0 spiro atoms. The summed E-state index contributed by atoms with van der Waals surface area (Å²) in [5, 5.41) is 15.2. The number of hydrogen-bond donors (Lipinski definition) is 0. The van der Waals surface area contributed by atoms with Crippen LogP contribution in [0.2, 0.25) is 0 Å². The van der Waals surface area contributed by atoms with Gasteiger partial charge in [-0.15, -0.1) is 0 Å². The standard InChI is InChI=1S/C26H21BrN6O/c1-16(2)25-24-23(32-14-22(30-15-32)17-5-8-20(34-3)9-6-17)10-11-29-26(24)33(31-25)19-7-4-18(13-28)21(27)12-19/h4-12,14-16H,1-3H3. The molecule has 168 valence electrons. The molecule has 0 saturated carbocycles. The van der Waals surface area contributed by atoms with E-state index in [9.17, 15) is 5.26 Å². The quantitative estimate of drug-likeness (QED) is 0.286. The first-order valence-corrected chi connectivity index (χ1v) is 11.6. The molecule has 0 aliphatic carbocycles. The summed E-state index contributed by atoms with van der Waals surface area (Å²) in [4.78, 5) is 9.31. The molecule has 0 radical (unpaired) electrons. The maximum atomic E-state index is 9.27. The Morgan fingerprint density at radius 2 is 1.85 bits per heavy atom. The monoisotopic (exact) mass is 512 g/mol. The van der Waals surface area contributed by atoms with Crippen LogP contribution < -0.4 is 4.74 Å². The van der Waals surface area contributed by atoms with E-state index in [1.54, 1.807) is 19.4 Å². The van der Waals surface area contributed by atoms with E-state index in [4.69, 9.17) is 9.84 Å². The summed E-state index contributed by atoms with van der Waals surface area (Å²) >= 11 is 3.49. The number of rotatable bonds is 5. The Hall–Kier alpha value is -3.96. The molecule has 3 heterocycles. The molecule has 5 aromatic rings. The van der Waals surface area contributed by atoms with E-state index >= 15 is 0 Å². The zero-order valence-electron chi connectivity index (χ0n) is 18.9. The third-order valence-corrected chi connectivity index (χ3v) is 6.34. The number of halogens is 1. The molecule has 0 N–H and O–H groups in total. The number of aromatic nitrogens is 5. The van der Waals surface area contributed by atoms with Gasteiger partial charge in [-0.1, -0.05) is 13.8 Å². The summed E-state index contributed by atoms with van der Waals surface area (Å²) in [6.45, 7) is 4.24. The summed E-state index contributed by atoms with van der Waals surface area (Å²) in [7, 11) is 1.65. The molecule has 0 bridgehead atoms. The number of imidazole rings is 1. The minimum atomic E-state index is 0.179. The normalized spacial score (nSPS) is 11.2. The van der Waals surface area contributed by atoms with Crippen molar-refractivity contribution in [1.82, 2.24) is 24.3 Å². The van der Waals surface area contributed by atoms with Gasteiger partial charge >= 0.3 is 0 Å². The fourth-order valence-electron chi connectivity index (χ4n) is 3.94. The van der Waals surface area contributed by atoms with Crippen LogP contribution in [0.4, 0.5) is 0 Å². The first-order valence-electron chi connectivity index (χ1n) is 10.8. The third-order valence-electron chi connectivity index (χ3n) is 5.68. The summed E-state index contributed by atoms with van der Waals surface area (Å²) < 4.78 is 9.83. The lowest BCUT2D eigenvalue weighted by Gasteiger charge is -2.07. The van der Waals surface area contributed by atoms with Gasteiger partial charge in [-0.2, -0.15) is 10.4 Å². The van der Waals surface area contributed by atoms with Crippen molar-refractivity contribution in [2.24, 2.45) is 0 Å². The van der Waals surface area contributed by atoms with Crippen molar-refractivity contribution < 1.29 is 4.74 Å². The number of nitrogens with zero attached hydrogens (tertiary/aromatic N) is 6. The van der Waals surface area contributed by atoms with Gasteiger partial charge in [-0.3, -0.25) is 0 Å². The Bertz CT molecular complexity index is 1540. The lowest BCUT2D eigenvalue weighted by Crippen LogP contribution is -1.99. The van der Waals surface area contributed by atoms with E-state index in [1.165, 1.54) is 0 Å². The minimum absolute atomic E-state index is 0.179. The van der Waals surface area contributed by atoms with Crippen molar-refractivity contribution in [3.63, 3.8) is 0 Å². The minimum Gasteiger partial charge on any atom is -0.497 e. The van der Waals surface area contributed by atoms with Crippen LogP contribution in [0.25, 0.3) is 33.7 Å². The van der Waals surface area contributed by atoms with Gasteiger partial charge in [0, 0.05) is 22.4 Å². The molecule has 0 aliphatic heterocycles. The van der Waals surface area contributed by atoms with Crippen molar-refractivity contribution >= 4 is 27.0 Å². The highest BCUT2D eigenvalue weighted by Gasteiger charge is 2.20. The molecule has 0 unspecified atom stereocenters. The zero-order valence-corrected chi connectivity index (χ0v) is 20.5. The van der Waals surface area contributed by atoms with E-state index in [0.717, 1.165) is 49.6 Å². The van der Waals surface area contributed by atoms with Crippen LogP contribution in [0.3, 0.4) is 0 Å². The van der Waals surface area contributed by atoms with Crippen molar-refractivity contribution in [2.75, 3.05) is 7.11 Å². The van der Waals surface area contributed by atoms with Crippen LogP contribution in [-0.2, 0) is 0 Å². The number of fused-ring (bicyclic) bond motifs is 1. The van der Waals surface area contributed by atoms with E-state index in [1.807, 2.05) is 64.2 Å². The lowest BCUT2D eigenvalue weighted by molar-refractivity contribution is 0.415. The Kier molecular flexibility index (Phi) is 5.64. The van der Waals surface area contributed by atoms with Gasteiger partial charge < -0.3 is 9.30 Å². The van der Waals surface area contributed by atoms with E-state index < -0.39 is 0 Å². The molecular weight excluding hydrogens is 492 g/mol. The molecule has 0 aliphatic rings. The lowest BCUT2D eigenvalue weighted by atomic mass is 10.1. The average Bonchev–Trinajstić information content (AvgIpc) is 3.50. The molecular formula is C26H21BrN6O. The Labute approximate surface area is 205 Å². The fraction of sp³-hybridized carbons (Fsp3) is 0.154. The number of methoxy groups -OCH3 is 1. The van der Waals surface area contributed by atoms with E-state index in [-0.39, 0.29) is 5.92 Å². The second-order valence-electron chi connectivity index (χ2n) is 8.15. The third kappa shape index (κ3) is 3.74. The Morgan fingerprint density at radius 3 is 2.53 bits per heavy atom. The SMILES string of the molecule is COc1ccc(-c2cn(-c3ccnc4c3c(C(C)C)nn4-c3ccc(C#N)c(Br)c3)cn2)cc1. The second-order valence-corrected chi connectivity index (χ2v) is 9.01. The first kappa shape index (κ1) is 21.9. The van der Waals surface area contributed by atoms with Crippen molar-refractivity contribution in [3.05, 3.63) is 83.0 Å². The van der Waals surface area contributed by atoms with Crippen LogP contribution in [0.15, 0.2) is 71.7 Å². The summed E-state index contributed by atoms with van der Waals surface area (Å²) in [5.74, 6) is 0.987. The number of ether oxygens (including phenoxy) is 1. The van der Waals surface area contributed by atoms with Crippen LogP contribution in [0.1, 0.15) is 31.0 Å². The smallest absolute Gasteiger partial charge is 0.165 e. The van der Waals surface area contributed by atoms with Gasteiger partial charge in [-0.25, -0.2) is 14.6 Å². The summed E-state index contributed by atoms with van der Waals surface area (Å²) in [6, 6.07) is 17.6. The molecule has 8 heteroatoms. The maximum absolute atomic E-state index is 9.27. The highest BCUT2D eigenvalue weighted by molar-refractivity contribution is 9.10. The second kappa shape index (κ2) is 8.76. The predicted octanol–water partition coefficient (Wildman–Crippen LogP) is 6.04. The van der Waals surface area contributed by atoms with Gasteiger partial charge in [0.05, 0.1) is 47.1 Å². The van der Waals surface area contributed by atoms with Crippen molar-refractivity contribution in [2.45, 2.75) is 19.8 Å².